The van der Waals surface area contributed by atoms with Gasteiger partial charge in [-0.15, -0.1) is 12.4 Å². The standard InChI is InChI=1S/C19H23N3O2.ClH/c23-19(13-18-14-20-11-12-24-18)21-22(17-9-5-2-6-10-17)15-16-7-3-1-4-8-16;/h1-10,18,20H,11-15H2,(H,21,23);1H. The topological polar surface area (TPSA) is 53.6 Å². The van der Waals surface area contributed by atoms with Crippen LogP contribution in [0.25, 0.3) is 0 Å². The summed E-state index contributed by atoms with van der Waals surface area (Å²) in [5.74, 6) is -0.0384. The number of morpholine rings is 1. The fourth-order valence-electron chi connectivity index (χ4n) is 2.72. The lowest BCUT2D eigenvalue weighted by molar-refractivity contribution is -0.124. The molecule has 1 atom stereocenters. The Morgan fingerprint density at radius 2 is 1.80 bits per heavy atom. The molecule has 1 aliphatic heterocycles. The van der Waals surface area contributed by atoms with E-state index in [-0.39, 0.29) is 24.4 Å². The van der Waals surface area contributed by atoms with Gasteiger partial charge in [0.05, 0.1) is 31.4 Å². The van der Waals surface area contributed by atoms with Crippen LogP contribution in [0.2, 0.25) is 0 Å². The number of carbonyl (C=O) groups excluding carboxylic acids is 1. The van der Waals surface area contributed by atoms with Gasteiger partial charge < -0.3 is 10.1 Å². The van der Waals surface area contributed by atoms with Crippen LogP contribution in [-0.2, 0) is 16.1 Å². The second-order valence-corrected chi connectivity index (χ2v) is 5.84. The van der Waals surface area contributed by atoms with E-state index in [4.69, 9.17) is 4.74 Å². The summed E-state index contributed by atoms with van der Waals surface area (Å²) in [5.41, 5.74) is 5.11. The Morgan fingerprint density at radius 1 is 1.12 bits per heavy atom. The minimum absolute atomic E-state index is 0. The van der Waals surface area contributed by atoms with Gasteiger partial charge in [-0.1, -0.05) is 48.5 Å². The van der Waals surface area contributed by atoms with Gasteiger partial charge >= 0.3 is 0 Å². The molecule has 0 bridgehead atoms. The number of carbonyl (C=O) groups is 1. The van der Waals surface area contributed by atoms with Crippen LogP contribution in [0.15, 0.2) is 60.7 Å². The molecule has 1 heterocycles. The highest BCUT2D eigenvalue weighted by Crippen LogP contribution is 2.15. The first kappa shape index (κ1) is 19.2. The molecular weight excluding hydrogens is 338 g/mol. The van der Waals surface area contributed by atoms with Crippen LogP contribution in [-0.4, -0.2) is 31.7 Å². The SMILES string of the molecule is Cl.O=C(CC1CNCCO1)NN(Cc1ccccc1)c1ccccc1. The molecule has 1 unspecified atom stereocenters. The van der Waals surface area contributed by atoms with E-state index in [9.17, 15) is 4.79 Å². The van der Waals surface area contributed by atoms with Crippen molar-refractivity contribution in [1.82, 2.24) is 10.7 Å². The summed E-state index contributed by atoms with van der Waals surface area (Å²) in [7, 11) is 0. The summed E-state index contributed by atoms with van der Waals surface area (Å²) in [4.78, 5) is 12.4. The normalized spacial score (nSPS) is 16.6. The molecule has 1 saturated heterocycles. The monoisotopic (exact) mass is 361 g/mol. The lowest BCUT2D eigenvalue weighted by atomic mass is 10.2. The van der Waals surface area contributed by atoms with E-state index in [2.05, 4.69) is 22.9 Å². The predicted octanol–water partition coefficient (Wildman–Crippen LogP) is 2.52. The maximum absolute atomic E-state index is 12.4. The smallest absolute Gasteiger partial charge is 0.241 e. The molecule has 5 nitrogen and oxygen atoms in total. The van der Waals surface area contributed by atoms with Crippen molar-refractivity contribution in [3.8, 4) is 0 Å². The van der Waals surface area contributed by atoms with E-state index in [0.717, 1.165) is 24.3 Å². The van der Waals surface area contributed by atoms with Gasteiger partial charge in [0.15, 0.2) is 0 Å². The number of hydrazine groups is 1. The lowest BCUT2D eigenvalue weighted by Gasteiger charge is -2.28. The molecule has 1 amide bonds. The zero-order valence-electron chi connectivity index (χ0n) is 14.1. The third-order valence-corrected chi connectivity index (χ3v) is 3.93. The van der Waals surface area contributed by atoms with Crippen molar-refractivity contribution in [2.45, 2.75) is 19.1 Å². The second-order valence-electron chi connectivity index (χ2n) is 5.84. The zero-order chi connectivity index (χ0) is 16.6. The number of rotatable bonds is 6. The van der Waals surface area contributed by atoms with E-state index < -0.39 is 0 Å². The van der Waals surface area contributed by atoms with Gasteiger partial charge in [0.25, 0.3) is 0 Å². The first-order valence-electron chi connectivity index (χ1n) is 8.29. The average Bonchev–Trinajstić information content (AvgIpc) is 2.63. The molecule has 0 aromatic heterocycles. The van der Waals surface area contributed by atoms with E-state index in [1.807, 2.05) is 53.5 Å². The first-order valence-corrected chi connectivity index (χ1v) is 8.29. The van der Waals surface area contributed by atoms with E-state index in [0.29, 0.717) is 19.6 Å². The number of ether oxygens (including phenoxy) is 1. The molecule has 0 radical (unpaired) electrons. The van der Waals surface area contributed by atoms with Crippen molar-refractivity contribution in [1.29, 1.82) is 0 Å². The van der Waals surface area contributed by atoms with Crippen LogP contribution in [0.3, 0.4) is 0 Å². The molecule has 0 spiro atoms. The minimum Gasteiger partial charge on any atom is -0.375 e. The first-order chi connectivity index (χ1) is 11.8. The summed E-state index contributed by atoms with van der Waals surface area (Å²) in [5, 5.41) is 5.13. The Labute approximate surface area is 154 Å². The molecule has 2 aromatic rings. The van der Waals surface area contributed by atoms with E-state index >= 15 is 0 Å². The molecule has 2 N–H and O–H groups in total. The van der Waals surface area contributed by atoms with Crippen molar-refractivity contribution in [3.05, 3.63) is 66.2 Å². The molecule has 1 fully saturated rings. The molecule has 1 aliphatic rings. The number of benzene rings is 2. The number of hydrogen-bond acceptors (Lipinski definition) is 4. The minimum atomic E-state index is -0.0619. The van der Waals surface area contributed by atoms with Crippen LogP contribution in [0.4, 0.5) is 5.69 Å². The second kappa shape index (κ2) is 10.0. The van der Waals surface area contributed by atoms with Gasteiger partial charge in [-0.25, -0.2) is 0 Å². The maximum Gasteiger partial charge on any atom is 0.241 e. The molecule has 2 aromatic carbocycles. The fraction of sp³-hybridized carbons (Fsp3) is 0.316. The highest BCUT2D eigenvalue weighted by atomic mass is 35.5. The number of halogens is 1. The third kappa shape index (κ3) is 6.05. The zero-order valence-corrected chi connectivity index (χ0v) is 14.9. The largest absolute Gasteiger partial charge is 0.375 e. The van der Waals surface area contributed by atoms with Crippen molar-refractivity contribution >= 4 is 24.0 Å². The van der Waals surface area contributed by atoms with Crippen LogP contribution in [0.1, 0.15) is 12.0 Å². The number of nitrogens with one attached hydrogen (secondary N) is 2. The Hall–Kier alpha value is -2.08. The van der Waals surface area contributed by atoms with Gasteiger partial charge in [-0.05, 0) is 17.7 Å². The Bertz CT molecular complexity index is 634. The molecule has 134 valence electrons. The molecule has 0 aliphatic carbocycles. The Kier molecular flexibility index (Phi) is 7.73. The van der Waals surface area contributed by atoms with Gasteiger partial charge in [-0.3, -0.25) is 15.2 Å². The predicted molar refractivity (Wildman–Crippen MR) is 102 cm³/mol. The number of anilines is 1. The summed E-state index contributed by atoms with van der Waals surface area (Å²) < 4.78 is 5.61. The van der Waals surface area contributed by atoms with Crippen molar-refractivity contribution in [2.75, 3.05) is 24.7 Å². The molecular formula is C19H24ClN3O2. The van der Waals surface area contributed by atoms with E-state index in [1.54, 1.807) is 0 Å². The molecule has 3 rings (SSSR count). The summed E-state index contributed by atoms with van der Waals surface area (Å²) in [6.07, 6.45) is 0.290. The van der Waals surface area contributed by atoms with Gasteiger partial charge in [0.1, 0.15) is 0 Å². The van der Waals surface area contributed by atoms with Gasteiger partial charge in [-0.2, -0.15) is 0 Å². The fourth-order valence-corrected chi connectivity index (χ4v) is 2.72. The highest BCUT2D eigenvalue weighted by molar-refractivity contribution is 5.85. The van der Waals surface area contributed by atoms with Crippen LogP contribution in [0.5, 0.6) is 0 Å². The van der Waals surface area contributed by atoms with E-state index in [1.165, 1.54) is 0 Å². The van der Waals surface area contributed by atoms with Gasteiger partial charge in [0.2, 0.25) is 5.91 Å². The molecule has 0 saturated carbocycles. The lowest BCUT2D eigenvalue weighted by Crippen LogP contribution is -2.46. The van der Waals surface area contributed by atoms with Crippen molar-refractivity contribution in [3.63, 3.8) is 0 Å². The number of hydrogen-bond donors (Lipinski definition) is 2. The summed E-state index contributed by atoms with van der Waals surface area (Å²) >= 11 is 0. The van der Waals surface area contributed by atoms with Crippen LogP contribution in [0, 0.1) is 0 Å². The quantitative estimate of drug-likeness (QED) is 0.776. The van der Waals surface area contributed by atoms with Crippen LogP contribution < -0.4 is 15.8 Å². The van der Waals surface area contributed by atoms with Crippen molar-refractivity contribution < 1.29 is 9.53 Å². The van der Waals surface area contributed by atoms with Crippen molar-refractivity contribution in [2.24, 2.45) is 0 Å². The average molecular weight is 362 g/mol. The number of amides is 1. The maximum atomic E-state index is 12.4. The highest BCUT2D eigenvalue weighted by Gasteiger charge is 2.19. The molecule has 25 heavy (non-hydrogen) atoms. The Balaban J connectivity index is 0.00000225. The number of para-hydroxylation sites is 1. The summed E-state index contributed by atoms with van der Waals surface area (Å²) in [6, 6.07) is 20.0. The Morgan fingerprint density at radius 3 is 2.44 bits per heavy atom. The van der Waals surface area contributed by atoms with Crippen LogP contribution >= 0.6 is 12.4 Å². The van der Waals surface area contributed by atoms with Gasteiger partial charge in [0, 0.05) is 13.1 Å². The summed E-state index contributed by atoms with van der Waals surface area (Å²) in [6.45, 7) is 2.84. The molecule has 6 heteroatoms. The third-order valence-electron chi connectivity index (χ3n) is 3.93. The number of nitrogens with zero attached hydrogens (tertiary/aromatic N) is 1.